The molecule has 6 N–H and O–H groups in total. The molecule has 0 aromatic heterocycles. The highest BCUT2D eigenvalue weighted by Crippen LogP contribution is 2.47. The molecule has 1 aliphatic rings. The van der Waals surface area contributed by atoms with Gasteiger partial charge in [0.2, 0.25) is 0 Å². The van der Waals surface area contributed by atoms with Crippen molar-refractivity contribution in [2.24, 2.45) is 0 Å². The van der Waals surface area contributed by atoms with Crippen LogP contribution in [0.15, 0.2) is 24.3 Å². The number of esters is 2. The van der Waals surface area contributed by atoms with E-state index in [9.17, 15) is 44.6 Å². The molecule has 6 unspecified atom stereocenters. The van der Waals surface area contributed by atoms with Gasteiger partial charge in [-0.25, -0.2) is 4.57 Å². The second-order valence-corrected chi connectivity index (χ2v) is 19.1. The maximum Gasteiger partial charge on any atom is 0.472 e. The SMILES string of the molecule is CCCCCC/C=C\C/C=C\CCCCCCCC(=O)OC(COC(=O)CCCCCCCCCCCCCCCCCCCC)COP(=O)(O)OC1C(O)C(O)C(O)C(O)C1O. The topological polar surface area (TPSA) is 210 Å². The molecule has 14 heteroatoms. The number of unbranched alkanes of at least 4 members (excludes halogenated alkanes) is 26. The number of phosphoric ester groups is 1. The van der Waals surface area contributed by atoms with E-state index in [4.69, 9.17) is 18.5 Å². The van der Waals surface area contributed by atoms with Gasteiger partial charge >= 0.3 is 19.8 Å². The van der Waals surface area contributed by atoms with Gasteiger partial charge in [0, 0.05) is 12.8 Å². The molecule has 1 saturated carbocycles. The van der Waals surface area contributed by atoms with Gasteiger partial charge in [0.15, 0.2) is 6.10 Å². The van der Waals surface area contributed by atoms with E-state index in [0.717, 1.165) is 64.2 Å². The van der Waals surface area contributed by atoms with Crippen molar-refractivity contribution in [3.05, 3.63) is 24.3 Å². The molecule has 0 aromatic rings. The summed E-state index contributed by atoms with van der Waals surface area (Å²) in [7, 11) is -5.12. The van der Waals surface area contributed by atoms with Gasteiger partial charge in [-0.2, -0.15) is 0 Å². The first-order valence-electron chi connectivity index (χ1n) is 25.1. The molecule has 0 aromatic carbocycles. The third kappa shape index (κ3) is 31.8. The Kier molecular flexibility index (Phi) is 37.2. The van der Waals surface area contributed by atoms with Crippen molar-refractivity contribution in [1.82, 2.24) is 0 Å². The van der Waals surface area contributed by atoms with E-state index in [-0.39, 0.29) is 12.8 Å². The average Bonchev–Trinajstić information content (AvgIpc) is 3.26. The summed E-state index contributed by atoms with van der Waals surface area (Å²) >= 11 is 0. The number of carbonyl (C=O) groups is 2. The summed E-state index contributed by atoms with van der Waals surface area (Å²) in [4.78, 5) is 35.8. The number of ether oxygens (including phenoxy) is 2. The van der Waals surface area contributed by atoms with Crippen LogP contribution in [0.3, 0.4) is 0 Å². The Morgan fingerprint density at radius 1 is 0.492 bits per heavy atom. The summed E-state index contributed by atoms with van der Waals surface area (Å²) < 4.78 is 33.6. The quantitative estimate of drug-likeness (QED) is 0.0146. The number of hydrogen-bond acceptors (Lipinski definition) is 12. The van der Waals surface area contributed by atoms with Gasteiger partial charge in [-0.3, -0.25) is 18.6 Å². The fourth-order valence-corrected chi connectivity index (χ4v) is 8.70. The third-order valence-electron chi connectivity index (χ3n) is 11.8. The minimum atomic E-state index is -5.12. The molecule has 0 spiro atoms. The standard InChI is InChI=1S/C49H91O13P/c1-3-5-7-9-11-13-15-17-19-21-22-24-25-27-29-31-33-35-37-42(50)59-39-41(40-60-63(57,58)62-49-47(55)45(53)44(52)46(54)48(49)56)61-43(51)38-36-34-32-30-28-26-23-20-18-16-14-12-10-8-6-4-2/h14,16,20,23,41,44-49,52-56H,3-13,15,17-19,21-22,24-40H2,1-2H3,(H,57,58)/b16-14-,23-20-. The minimum Gasteiger partial charge on any atom is -0.462 e. The van der Waals surface area contributed by atoms with Gasteiger partial charge in [-0.15, -0.1) is 0 Å². The van der Waals surface area contributed by atoms with Crippen molar-refractivity contribution in [2.75, 3.05) is 13.2 Å². The summed E-state index contributed by atoms with van der Waals surface area (Å²) in [5.74, 6) is -1.10. The monoisotopic (exact) mass is 919 g/mol. The molecule has 0 aliphatic heterocycles. The molecule has 63 heavy (non-hydrogen) atoms. The molecule has 1 aliphatic carbocycles. The van der Waals surface area contributed by atoms with Crippen molar-refractivity contribution in [2.45, 2.75) is 262 Å². The molecule has 0 radical (unpaired) electrons. The highest BCUT2D eigenvalue weighted by molar-refractivity contribution is 7.47. The largest absolute Gasteiger partial charge is 0.472 e. The number of phosphoric acid groups is 1. The van der Waals surface area contributed by atoms with E-state index >= 15 is 0 Å². The third-order valence-corrected chi connectivity index (χ3v) is 12.8. The predicted molar refractivity (Wildman–Crippen MR) is 249 cm³/mol. The molecule has 13 nitrogen and oxygen atoms in total. The van der Waals surface area contributed by atoms with Crippen LogP contribution in [0.25, 0.3) is 0 Å². The van der Waals surface area contributed by atoms with Gasteiger partial charge < -0.3 is 39.9 Å². The van der Waals surface area contributed by atoms with Crippen molar-refractivity contribution in [1.29, 1.82) is 0 Å². The first-order chi connectivity index (χ1) is 30.4. The van der Waals surface area contributed by atoms with Crippen LogP contribution >= 0.6 is 7.82 Å². The van der Waals surface area contributed by atoms with Crippen molar-refractivity contribution in [3.63, 3.8) is 0 Å². The van der Waals surface area contributed by atoms with Gasteiger partial charge in [0.1, 0.15) is 43.2 Å². The minimum absolute atomic E-state index is 0.0836. The normalized spacial score (nSPS) is 21.8. The molecule has 0 heterocycles. The maximum atomic E-state index is 12.8. The van der Waals surface area contributed by atoms with Crippen LogP contribution in [0.1, 0.15) is 219 Å². The number of allylic oxidation sites excluding steroid dienone is 4. The van der Waals surface area contributed by atoms with E-state index in [1.54, 1.807) is 0 Å². The lowest BCUT2D eigenvalue weighted by Gasteiger charge is -2.41. The van der Waals surface area contributed by atoms with Crippen molar-refractivity contribution in [3.8, 4) is 0 Å². The predicted octanol–water partition coefficient (Wildman–Crippen LogP) is 10.4. The molecule has 1 fully saturated rings. The zero-order chi connectivity index (χ0) is 46.4. The molecule has 6 atom stereocenters. The highest BCUT2D eigenvalue weighted by Gasteiger charge is 2.51. The molecular weight excluding hydrogens is 828 g/mol. The summed E-state index contributed by atoms with van der Waals surface area (Å²) in [5.41, 5.74) is 0. The summed E-state index contributed by atoms with van der Waals surface area (Å²) in [6.07, 6.45) is 30.8. The molecule has 370 valence electrons. The molecule has 1 rings (SSSR count). The number of hydrogen-bond donors (Lipinski definition) is 6. The van der Waals surface area contributed by atoms with E-state index in [2.05, 4.69) is 38.2 Å². The highest BCUT2D eigenvalue weighted by atomic mass is 31.2. The van der Waals surface area contributed by atoms with Crippen molar-refractivity contribution >= 4 is 19.8 Å². The van der Waals surface area contributed by atoms with Crippen LogP contribution in [0, 0.1) is 0 Å². The van der Waals surface area contributed by atoms with Crippen LogP contribution < -0.4 is 0 Å². The Hall–Kier alpha value is -1.67. The van der Waals surface area contributed by atoms with E-state index in [0.29, 0.717) is 12.8 Å². The second-order valence-electron chi connectivity index (χ2n) is 17.7. The summed E-state index contributed by atoms with van der Waals surface area (Å²) in [5, 5.41) is 50.2. The molecule has 0 bridgehead atoms. The lowest BCUT2D eigenvalue weighted by Crippen LogP contribution is -2.64. The number of carbonyl (C=O) groups excluding carboxylic acids is 2. The molecule has 0 saturated heterocycles. The lowest BCUT2D eigenvalue weighted by molar-refractivity contribution is -0.220. The van der Waals surface area contributed by atoms with Gasteiger partial charge in [0.25, 0.3) is 0 Å². The van der Waals surface area contributed by atoms with Crippen LogP contribution in [0.4, 0.5) is 0 Å². The Morgan fingerprint density at radius 3 is 1.30 bits per heavy atom. The van der Waals surface area contributed by atoms with E-state index in [1.165, 1.54) is 116 Å². The van der Waals surface area contributed by atoms with Crippen LogP contribution in [-0.4, -0.2) is 98.3 Å². The Morgan fingerprint density at radius 2 is 0.857 bits per heavy atom. The van der Waals surface area contributed by atoms with E-state index < -0.39 is 75.7 Å². The second kappa shape index (κ2) is 39.5. The fraction of sp³-hybridized carbons (Fsp3) is 0.878. The molecular formula is C49H91O13P. The van der Waals surface area contributed by atoms with Gasteiger partial charge in [-0.05, 0) is 44.9 Å². The zero-order valence-corrected chi connectivity index (χ0v) is 40.3. The Bertz CT molecular complexity index is 1200. The summed E-state index contributed by atoms with van der Waals surface area (Å²) in [6.45, 7) is 3.30. The van der Waals surface area contributed by atoms with Gasteiger partial charge in [-0.1, -0.05) is 186 Å². The Labute approximate surface area is 381 Å². The van der Waals surface area contributed by atoms with Crippen LogP contribution in [0.2, 0.25) is 0 Å². The Balaban J connectivity index is 2.41. The maximum absolute atomic E-state index is 12.8. The fourth-order valence-electron chi connectivity index (χ4n) is 7.73. The van der Waals surface area contributed by atoms with Crippen LogP contribution in [-0.2, 0) is 32.7 Å². The first-order valence-corrected chi connectivity index (χ1v) is 26.6. The average molecular weight is 919 g/mol. The number of aliphatic hydroxyl groups excluding tert-OH is 5. The van der Waals surface area contributed by atoms with E-state index in [1.807, 2.05) is 0 Å². The zero-order valence-electron chi connectivity index (χ0n) is 39.4. The smallest absolute Gasteiger partial charge is 0.462 e. The van der Waals surface area contributed by atoms with Crippen LogP contribution in [0.5, 0.6) is 0 Å². The van der Waals surface area contributed by atoms with Crippen molar-refractivity contribution < 1.29 is 63.1 Å². The lowest BCUT2D eigenvalue weighted by atomic mass is 9.85. The summed E-state index contributed by atoms with van der Waals surface area (Å²) in [6, 6.07) is 0. The number of rotatable bonds is 42. The van der Waals surface area contributed by atoms with Gasteiger partial charge in [0.05, 0.1) is 6.61 Å². The first kappa shape index (κ1) is 59.3. The molecule has 0 amide bonds. The number of aliphatic hydroxyl groups is 5.